The molecule has 0 radical (unpaired) electrons. The second-order valence-electron chi connectivity index (χ2n) is 17.3. The van der Waals surface area contributed by atoms with Gasteiger partial charge in [-0.3, -0.25) is 28.8 Å². The lowest BCUT2D eigenvalue weighted by molar-refractivity contribution is -0.144. The van der Waals surface area contributed by atoms with Crippen molar-refractivity contribution in [3.8, 4) is 0 Å². The molecule has 5 N–H and O–H groups in total. The maximum Gasteiger partial charge on any atom is 0.315 e. The number of rotatable bonds is 15. The molecule has 1 aromatic rings. The molecule has 1 aliphatic rings. The molecule has 1 fully saturated rings. The van der Waals surface area contributed by atoms with Crippen LogP contribution in [-0.4, -0.2) is 78.2 Å². The number of hydrogen-bond acceptors (Lipinski definition) is 8. The number of ketones is 1. The van der Waals surface area contributed by atoms with Gasteiger partial charge in [0.15, 0.2) is 0 Å². The Bertz CT molecular complexity index is 1520. The van der Waals surface area contributed by atoms with Crippen LogP contribution >= 0.6 is 0 Å². The number of amides is 5. The van der Waals surface area contributed by atoms with E-state index in [1.807, 2.05) is 83.1 Å². The van der Waals surface area contributed by atoms with Crippen LogP contribution in [0, 0.1) is 22.7 Å². The molecule has 13 heteroatoms. The molecule has 1 heterocycles. The van der Waals surface area contributed by atoms with E-state index < -0.39 is 80.8 Å². The van der Waals surface area contributed by atoms with Crippen LogP contribution in [0.2, 0.25) is 0 Å². The van der Waals surface area contributed by atoms with Gasteiger partial charge in [-0.05, 0) is 40.9 Å². The van der Waals surface area contributed by atoms with Gasteiger partial charge in [-0.25, -0.2) is 4.79 Å². The van der Waals surface area contributed by atoms with Crippen LogP contribution in [0.15, 0.2) is 22.2 Å². The predicted octanol–water partition coefficient (Wildman–Crippen LogP) is 3.15. The predicted molar refractivity (Wildman–Crippen MR) is 200 cm³/mol. The van der Waals surface area contributed by atoms with Crippen LogP contribution in [0.25, 0.3) is 0 Å². The molecular weight excluding hydrogens is 652 g/mol. The number of nitrogens with one attached hydrogen (secondary N) is 5. The smallest absolute Gasteiger partial charge is 0.315 e. The van der Waals surface area contributed by atoms with Gasteiger partial charge in [-0.1, -0.05) is 95.6 Å². The molecule has 5 atom stereocenters. The number of Topliss-reactive ketones (excluding diaryl/α,β-unsaturated/α-hetero) is 1. The summed E-state index contributed by atoms with van der Waals surface area (Å²) in [4.78, 5) is 93.7. The van der Waals surface area contributed by atoms with E-state index in [1.165, 1.54) is 11.0 Å². The van der Waals surface area contributed by atoms with Gasteiger partial charge in [0.25, 0.3) is 5.91 Å². The molecule has 1 saturated heterocycles. The summed E-state index contributed by atoms with van der Waals surface area (Å²) in [6.45, 7) is 26.7. The number of nitrogens with zero attached hydrogens (tertiary/aromatic N) is 1. The molecule has 0 spiro atoms. The Labute approximate surface area is 303 Å². The summed E-state index contributed by atoms with van der Waals surface area (Å²) in [7, 11) is 0. The van der Waals surface area contributed by atoms with Gasteiger partial charge in [0.2, 0.25) is 28.5 Å². The average Bonchev–Trinajstić information content (AvgIpc) is 3.46. The summed E-state index contributed by atoms with van der Waals surface area (Å²) in [5.74, 6) is -2.75. The standard InChI is InChI=1S/C38H62N6O7/c1-14-16-23(28(45)33(49)39-18-15-2)41-32(48)27-22(21(3)4)17-19-44(27)34(50)31(38(11,12)13)43-35(51)42-24(36(5,6)7)20-40-26-25(37(8,9)10)29(46)30(26)47/h15,21-24,27,31,40H,2,14,16-20H2,1,3-13H3,(H,39,49)(H,41,48)(H2,42,43,51)/t22-,23?,24-,27+,31-/m1/s1. The number of hydrogen-bond donors (Lipinski definition) is 5. The van der Waals surface area contributed by atoms with E-state index in [0.717, 1.165) is 0 Å². The molecule has 1 aliphatic heterocycles. The van der Waals surface area contributed by atoms with Crippen LogP contribution in [0.5, 0.6) is 0 Å². The lowest BCUT2D eigenvalue weighted by atomic mass is 9.82. The molecule has 1 aromatic carbocycles. The zero-order valence-corrected chi connectivity index (χ0v) is 32.8. The van der Waals surface area contributed by atoms with Gasteiger partial charge in [0, 0.05) is 25.2 Å². The zero-order valence-electron chi connectivity index (χ0n) is 32.8. The fourth-order valence-corrected chi connectivity index (χ4v) is 6.52. The molecule has 0 aromatic heterocycles. The zero-order chi connectivity index (χ0) is 39.2. The Morgan fingerprint density at radius 1 is 0.902 bits per heavy atom. The highest BCUT2D eigenvalue weighted by Crippen LogP contribution is 2.34. The third kappa shape index (κ3) is 10.7. The SMILES string of the molecule is C=CCNC(=O)C(=O)C(CCC)NC(=O)[C@@H]1[C@@H](C(C)C)CCN1C(=O)[C@@H](NC(=O)N[C@H](CNc1c(C(C)(C)C)c(=O)c1=O)C(C)(C)C)C(C)(C)C. The molecule has 0 bridgehead atoms. The Morgan fingerprint density at radius 2 is 1.51 bits per heavy atom. The number of carbonyl (C=O) groups is 5. The van der Waals surface area contributed by atoms with E-state index in [4.69, 9.17) is 0 Å². The van der Waals surface area contributed by atoms with Gasteiger partial charge in [0.1, 0.15) is 12.1 Å². The normalized spacial score (nSPS) is 18.5. The number of carbonyl (C=O) groups excluding carboxylic acids is 5. The van der Waals surface area contributed by atoms with Crippen LogP contribution in [-0.2, 0) is 24.6 Å². The fraction of sp³-hybridized carbons (Fsp3) is 0.711. The Kier molecular flexibility index (Phi) is 14.4. The van der Waals surface area contributed by atoms with Gasteiger partial charge >= 0.3 is 6.03 Å². The number of urea groups is 1. The molecule has 2 rings (SSSR count). The lowest BCUT2D eigenvalue weighted by Gasteiger charge is -2.38. The van der Waals surface area contributed by atoms with Crippen LogP contribution in [0.3, 0.4) is 0 Å². The van der Waals surface area contributed by atoms with Gasteiger partial charge < -0.3 is 31.5 Å². The lowest BCUT2D eigenvalue weighted by Crippen LogP contribution is -2.62. The third-order valence-electron chi connectivity index (χ3n) is 9.58. The highest BCUT2D eigenvalue weighted by Gasteiger charge is 2.48. The van der Waals surface area contributed by atoms with Gasteiger partial charge in [0.05, 0.1) is 17.8 Å². The second-order valence-corrected chi connectivity index (χ2v) is 17.3. The minimum Gasteiger partial charge on any atom is -0.379 e. The average molecular weight is 715 g/mol. The Balaban J connectivity index is 2.33. The molecule has 5 amide bonds. The second kappa shape index (κ2) is 17.0. The van der Waals surface area contributed by atoms with E-state index in [-0.39, 0.29) is 43.6 Å². The summed E-state index contributed by atoms with van der Waals surface area (Å²) < 4.78 is 0. The molecular formula is C38H62N6O7. The van der Waals surface area contributed by atoms with Crippen molar-refractivity contribution in [2.45, 2.75) is 132 Å². The van der Waals surface area contributed by atoms with E-state index in [2.05, 4.69) is 33.2 Å². The highest BCUT2D eigenvalue weighted by molar-refractivity contribution is 6.38. The van der Waals surface area contributed by atoms with E-state index in [0.29, 0.717) is 18.4 Å². The number of likely N-dealkylation sites (tertiary alicyclic amines) is 1. The summed E-state index contributed by atoms with van der Waals surface area (Å²) in [5, 5.41) is 14.2. The van der Waals surface area contributed by atoms with Crippen molar-refractivity contribution in [2.75, 3.05) is 25.0 Å². The molecule has 51 heavy (non-hydrogen) atoms. The molecule has 13 nitrogen and oxygen atoms in total. The topological polar surface area (TPSA) is 183 Å². The monoisotopic (exact) mass is 714 g/mol. The molecule has 0 saturated carbocycles. The largest absolute Gasteiger partial charge is 0.379 e. The van der Waals surface area contributed by atoms with Crippen LogP contribution in [0.4, 0.5) is 10.5 Å². The van der Waals surface area contributed by atoms with Gasteiger partial charge in [-0.15, -0.1) is 6.58 Å². The number of anilines is 1. The van der Waals surface area contributed by atoms with E-state index in [1.54, 1.807) is 0 Å². The first kappa shape index (κ1) is 43.1. The van der Waals surface area contributed by atoms with Crippen LogP contribution < -0.4 is 37.4 Å². The van der Waals surface area contributed by atoms with Gasteiger partial charge in [-0.2, -0.15) is 0 Å². The highest BCUT2D eigenvalue weighted by atomic mass is 16.2. The van der Waals surface area contributed by atoms with Crippen molar-refractivity contribution in [1.82, 2.24) is 26.2 Å². The van der Waals surface area contributed by atoms with E-state index >= 15 is 0 Å². The van der Waals surface area contributed by atoms with Crippen molar-refractivity contribution in [1.29, 1.82) is 0 Å². The fourth-order valence-electron chi connectivity index (χ4n) is 6.52. The maximum atomic E-state index is 14.4. The third-order valence-corrected chi connectivity index (χ3v) is 9.58. The van der Waals surface area contributed by atoms with Crippen molar-refractivity contribution < 1.29 is 24.0 Å². The Morgan fingerprint density at radius 3 is 2.00 bits per heavy atom. The molecule has 1 unspecified atom stereocenters. The first-order chi connectivity index (χ1) is 23.4. The van der Waals surface area contributed by atoms with Crippen molar-refractivity contribution >= 4 is 35.2 Å². The quantitative estimate of drug-likeness (QED) is 0.136. The maximum absolute atomic E-state index is 14.4. The van der Waals surface area contributed by atoms with Crippen LogP contribution in [0.1, 0.15) is 108 Å². The minimum atomic E-state index is -1.06. The van der Waals surface area contributed by atoms with E-state index in [9.17, 15) is 33.6 Å². The van der Waals surface area contributed by atoms with Crippen molar-refractivity contribution in [3.63, 3.8) is 0 Å². The molecule has 286 valence electrons. The summed E-state index contributed by atoms with van der Waals surface area (Å²) >= 11 is 0. The summed E-state index contributed by atoms with van der Waals surface area (Å²) in [6.07, 6.45) is 2.78. The first-order valence-corrected chi connectivity index (χ1v) is 18.1. The minimum absolute atomic E-state index is 0.0194. The molecule has 0 aliphatic carbocycles. The Hall–Kier alpha value is -4.03. The first-order valence-electron chi connectivity index (χ1n) is 18.1. The van der Waals surface area contributed by atoms with Crippen molar-refractivity contribution in [2.24, 2.45) is 22.7 Å². The summed E-state index contributed by atoms with van der Waals surface area (Å²) in [5.41, 5.74) is -2.19. The summed E-state index contributed by atoms with van der Waals surface area (Å²) in [6, 6.07) is -4.14. The van der Waals surface area contributed by atoms with Crippen molar-refractivity contribution in [3.05, 3.63) is 38.7 Å².